The lowest BCUT2D eigenvalue weighted by Gasteiger charge is -2.13. The molecule has 0 heterocycles. The molecule has 4 heteroatoms. The summed E-state index contributed by atoms with van der Waals surface area (Å²) >= 11 is 0. The van der Waals surface area contributed by atoms with Gasteiger partial charge in [0.1, 0.15) is 0 Å². The molecule has 0 fully saturated rings. The van der Waals surface area contributed by atoms with E-state index in [1.54, 1.807) is 6.07 Å². The second kappa shape index (κ2) is 6.28. The Labute approximate surface area is 118 Å². The Bertz CT molecular complexity index is 599. The van der Waals surface area contributed by atoms with Crippen molar-refractivity contribution in [2.24, 2.45) is 0 Å². The van der Waals surface area contributed by atoms with E-state index in [0.29, 0.717) is 18.0 Å². The highest BCUT2D eigenvalue weighted by Gasteiger charge is 2.09. The van der Waals surface area contributed by atoms with Crippen molar-refractivity contribution >= 4 is 17.1 Å². The van der Waals surface area contributed by atoms with E-state index in [4.69, 9.17) is 10.5 Å². The maximum atomic E-state index is 13.7. The van der Waals surface area contributed by atoms with Gasteiger partial charge in [-0.2, -0.15) is 0 Å². The molecule has 0 aliphatic carbocycles. The van der Waals surface area contributed by atoms with Crippen LogP contribution in [0.1, 0.15) is 18.9 Å². The van der Waals surface area contributed by atoms with Gasteiger partial charge in [-0.15, -0.1) is 0 Å². The minimum atomic E-state index is -0.439. The second-order valence-electron chi connectivity index (χ2n) is 4.71. The summed E-state index contributed by atoms with van der Waals surface area (Å²) in [4.78, 5) is 0. The molecule has 0 spiro atoms. The standard InChI is InChI=1S/C16H19FN2O/c1-3-7-20-16-10-15(14(18)9-13(16)17)19-12-6-4-5-11(2)8-12/h4-6,8-10,19H,3,7,18H2,1-2H3. The van der Waals surface area contributed by atoms with E-state index < -0.39 is 5.82 Å². The summed E-state index contributed by atoms with van der Waals surface area (Å²) in [6, 6.07) is 10.8. The Morgan fingerprint density at radius 1 is 1.25 bits per heavy atom. The van der Waals surface area contributed by atoms with E-state index in [1.165, 1.54) is 6.07 Å². The topological polar surface area (TPSA) is 47.3 Å². The van der Waals surface area contributed by atoms with E-state index in [1.807, 2.05) is 38.1 Å². The van der Waals surface area contributed by atoms with Gasteiger partial charge in [0, 0.05) is 17.8 Å². The number of ether oxygens (including phenoxy) is 1. The van der Waals surface area contributed by atoms with Crippen LogP contribution in [0, 0.1) is 12.7 Å². The van der Waals surface area contributed by atoms with E-state index in [-0.39, 0.29) is 5.75 Å². The van der Waals surface area contributed by atoms with Crippen LogP contribution >= 0.6 is 0 Å². The number of hydrogen-bond acceptors (Lipinski definition) is 3. The second-order valence-corrected chi connectivity index (χ2v) is 4.71. The molecular weight excluding hydrogens is 255 g/mol. The summed E-state index contributed by atoms with van der Waals surface area (Å²) in [6.07, 6.45) is 0.824. The van der Waals surface area contributed by atoms with Crippen LogP contribution in [0.4, 0.5) is 21.5 Å². The minimum absolute atomic E-state index is 0.219. The fourth-order valence-electron chi connectivity index (χ4n) is 1.88. The molecule has 2 aromatic rings. The molecule has 0 radical (unpaired) electrons. The first kappa shape index (κ1) is 14.2. The molecule has 0 aliphatic heterocycles. The molecule has 0 unspecified atom stereocenters. The Morgan fingerprint density at radius 2 is 2.05 bits per heavy atom. The third-order valence-electron chi connectivity index (χ3n) is 2.86. The Balaban J connectivity index is 2.26. The lowest BCUT2D eigenvalue weighted by Crippen LogP contribution is -2.02. The van der Waals surface area contributed by atoms with Crippen LogP contribution in [0.2, 0.25) is 0 Å². The highest BCUT2D eigenvalue weighted by atomic mass is 19.1. The zero-order valence-corrected chi connectivity index (χ0v) is 11.7. The maximum Gasteiger partial charge on any atom is 0.167 e. The fourth-order valence-corrected chi connectivity index (χ4v) is 1.88. The molecule has 0 saturated carbocycles. The Morgan fingerprint density at radius 3 is 2.75 bits per heavy atom. The monoisotopic (exact) mass is 274 g/mol. The van der Waals surface area contributed by atoms with Gasteiger partial charge in [0.2, 0.25) is 0 Å². The molecular formula is C16H19FN2O. The molecule has 0 aliphatic rings. The average molecular weight is 274 g/mol. The number of aryl methyl sites for hydroxylation is 1. The quantitative estimate of drug-likeness (QED) is 0.801. The van der Waals surface area contributed by atoms with Gasteiger partial charge < -0.3 is 15.8 Å². The molecule has 2 aromatic carbocycles. The number of nitrogens with two attached hydrogens (primary N) is 1. The van der Waals surface area contributed by atoms with Crippen LogP contribution in [0.3, 0.4) is 0 Å². The smallest absolute Gasteiger partial charge is 0.167 e. The molecule has 106 valence electrons. The average Bonchev–Trinajstić information content (AvgIpc) is 2.40. The van der Waals surface area contributed by atoms with Gasteiger partial charge in [0.15, 0.2) is 11.6 Å². The largest absolute Gasteiger partial charge is 0.490 e. The van der Waals surface area contributed by atoms with Crippen LogP contribution in [0.25, 0.3) is 0 Å². The zero-order chi connectivity index (χ0) is 14.5. The first-order valence-corrected chi connectivity index (χ1v) is 6.65. The predicted octanol–water partition coefficient (Wildman–Crippen LogP) is 4.25. The SMILES string of the molecule is CCCOc1cc(Nc2cccc(C)c2)c(N)cc1F. The van der Waals surface area contributed by atoms with Gasteiger partial charge in [0.05, 0.1) is 18.0 Å². The molecule has 2 rings (SSSR count). The van der Waals surface area contributed by atoms with Crippen molar-refractivity contribution in [2.45, 2.75) is 20.3 Å². The van der Waals surface area contributed by atoms with Crippen LogP contribution in [0.15, 0.2) is 36.4 Å². The first-order valence-electron chi connectivity index (χ1n) is 6.65. The third kappa shape index (κ3) is 3.41. The highest BCUT2D eigenvalue weighted by Crippen LogP contribution is 2.30. The van der Waals surface area contributed by atoms with Gasteiger partial charge >= 0.3 is 0 Å². The number of nitrogens with one attached hydrogen (secondary N) is 1. The lowest BCUT2D eigenvalue weighted by molar-refractivity contribution is 0.301. The van der Waals surface area contributed by atoms with Gasteiger partial charge in [-0.25, -0.2) is 4.39 Å². The van der Waals surface area contributed by atoms with Crippen molar-refractivity contribution in [3.63, 3.8) is 0 Å². The number of benzene rings is 2. The van der Waals surface area contributed by atoms with Crippen LogP contribution in [-0.4, -0.2) is 6.61 Å². The molecule has 0 saturated heterocycles. The van der Waals surface area contributed by atoms with Gasteiger partial charge in [0.25, 0.3) is 0 Å². The number of anilines is 3. The summed E-state index contributed by atoms with van der Waals surface area (Å²) in [7, 11) is 0. The van der Waals surface area contributed by atoms with Crippen molar-refractivity contribution < 1.29 is 9.13 Å². The molecule has 0 amide bonds. The fraction of sp³-hybridized carbons (Fsp3) is 0.250. The van der Waals surface area contributed by atoms with Crippen LogP contribution in [0.5, 0.6) is 5.75 Å². The third-order valence-corrected chi connectivity index (χ3v) is 2.86. The molecule has 0 atom stereocenters. The summed E-state index contributed by atoms with van der Waals surface area (Å²) in [5, 5.41) is 3.19. The van der Waals surface area contributed by atoms with Crippen molar-refractivity contribution in [1.29, 1.82) is 0 Å². The summed E-state index contributed by atoms with van der Waals surface area (Å²) < 4.78 is 19.1. The molecule has 3 nitrogen and oxygen atoms in total. The first-order chi connectivity index (χ1) is 9.60. The van der Waals surface area contributed by atoms with Gasteiger partial charge in [-0.1, -0.05) is 19.1 Å². The predicted molar refractivity (Wildman–Crippen MR) is 81.1 cm³/mol. The van der Waals surface area contributed by atoms with Crippen molar-refractivity contribution in [2.75, 3.05) is 17.7 Å². The van der Waals surface area contributed by atoms with Crippen LogP contribution < -0.4 is 15.8 Å². The normalized spacial score (nSPS) is 10.3. The number of hydrogen-bond donors (Lipinski definition) is 2. The summed E-state index contributed by atoms with van der Waals surface area (Å²) in [5.74, 6) is -0.220. The number of rotatable bonds is 5. The Hall–Kier alpha value is -2.23. The Kier molecular flexibility index (Phi) is 4.45. The molecule has 0 aromatic heterocycles. The number of halogens is 1. The van der Waals surface area contributed by atoms with Crippen molar-refractivity contribution in [3.05, 3.63) is 47.8 Å². The lowest BCUT2D eigenvalue weighted by atomic mass is 10.2. The summed E-state index contributed by atoms with van der Waals surface area (Å²) in [5.41, 5.74) is 8.89. The molecule has 3 N–H and O–H groups in total. The highest BCUT2D eigenvalue weighted by molar-refractivity contribution is 5.74. The van der Waals surface area contributed by atoms with Gasteiger partial charge in [-0.3, -0.25) is 0 Å². The molecule has 20 heavy (non-hydrogen) atoms. The van der Waals surface area contributed by atoms with Crippen LogP contribution in [-0.2, 0) is 0 Å². The van der Waals surface area contributed by atoms with E-state index in [9.17, 15) is 4.39 Å². The minimum Gasteiger partial charge on any atom is -0.490 e. The van der Waals surface area contributed by atoms with E-state index in [0.717, 1.165) is 17.7 Å². The van der Waals surface area contributed by atoms with Crippen molar-refractivity contribution in [1.82, 2.24) is 0 Å². The molecule has 0 bridgehead atoms. The maximum absolute atomic E-state index is 13.7. The van der Waals surface area contributed by atoms with Crippen molar-refractivity contribution in [3.8, 4) is 5.75 Å². The van der Waals surface area contributed by atoms with E-state index in [2.05, 4.69) is 5.32 Å². The number of nitrogen functional groups attached to an aromatic ring is 1. The summed E-state index contributed by atoms with van der Waals surface area (Å²) in [6.45, 7) is 4.46. The zero-order valence-electron chi connectivity index (χ0n) is 11.7. The van der Waals surface area contributed by atoms with Gasteiger partial charge in [-0.05, 0) is 31.0 Å². The van der Waals surface area contributed by atoms with E-state index >= 15 is 0 Å².